The number of aromatic nitrogens is 3. The number of nitrogens with zero attached hydrogens (tertiary/aromatic N) is 3. The Morgan fingerprint density at radius 1 is 1.33 bits per heavy atom. The fraction of sp³-hybridized carbons (Fsp3) is 0. The van der Waals surface area contributed by atoms with Crippen LogP contribution in [0, 0.1) is 0 Å². The van der Waals surface area contributed by atoms with Crippen molar-refractivity contribution in [3.8, 4) is 10.6 Å². The summed E-state index contributed by atoms with van der Waals surface area (Å²) in [4.78, 5) is 9.10. The molecule has 0 aromatic carbocycles. The first-order valence-electron chi connectivity index (χ1n) is 3.25. The Hall–Kier alpha value is -0.810. The molecule has 2 heterocycles. The zero-order valence-electron chi connectivity index (χ0n) is 5.94. The summed E-state index contributed by atoms with van der Waals surface area (Å²) in [6, 6.07) is 3.80. The van der Waals surface area contributed by atoms with Gasteiger partial charge in [-0.3, -0.25) is 0 Å². The molecule has 0 amide bonds. The Morgan fingerprint density at radius 2 is 2.25 bits per heavy atom. The van der Waals surface area contributed by atoms with Crippen molar-refractivity contribution in [2.75, 3.05) is 0 Å². The van der Waals surface area contributed by atoms with Crippen molar-refractivity contribution < 1.29 is 0 Å². The predicted octanol–water partition coefficient (Wildman–Crippen LogP) is 2.36. The molecule has 0 fully saturated rings. The maximum Gasteiger partial charge on any atom is 0.117 e. The Labute approximate surface area is 81.8 Å². The Bertz CT molecular complexity index is 374. The molecule has 5 heteroatoms. The van der Waals surface area contributed by atoms with E-state index in [1.54, 1.807) is 6.20 Å². The first-order valence-corrected chi connectivity index (χ1v) is 4.81. The van der Waals surface area contributed by atoms with Crippen LogP contribution in [0.1, 0.15) is 0 Å². The number of hydrogen-bond acceptors (Lipinski definition) is 4. The summed E-state index contributed by atoms with van der Waals surface area (Å²) < 4.78 is 4.79. The summed E-state index contributed by atoms with van der Waals surface area (Å²) >= 11 is 4.70. The average Bonchev–Trinajstić information content (AvgIpc) is 2.56. The fourth-order valence-electron chi connectivity index (χ4n) is 0.816. The van der Waals surface area contributed by atoms with Crippen molar-refractivity contribution in [2.24, 2.45) is 0 Å². The van der Waals surface area contributed by atoms with Crippen LogP contribution in [0.15, 0.2) is 29.3 Å². The van der Waals surface area contributed by atoms with E-state index >= 15 is 0 Å². The lowest BCUT2D eigenvalue weighted by atomic mass is 10.3. The molecule has 0 aliphatic heterocycles. The van der Waals surface area contributed by atoms with E-state index in [1.165, 1.54) is 17.9 Å². The predicted molar refractivity (Wildman–Crippen MR) is 50.8 cm³/mol. The van der Waals surface area contributed by atoms with Gasteiger partial charge in [-0.05, 0) is 39.6 Å². The van der Waals surface area contributed by atoms with Crippen molar-refractivity contribution in [1.82, 2.24) is 14.3 Å². The molecule has 2 aromatic heterocycles. The van der Waals surface area contributed by atoms with Crippen LogP contribution in [0.25, 0.3) is 10.6 Å². The highest BCUT2D eigenvalue weighted by molar-refractivity contribution is 9.10. The van der Waals surface area contributed by atoms with Gasteiger partial charge in [-0.25, -0.2) is 14.3 Å². The molecule has 60 valence electrons. The number of hydrogen-bond donors (Lipinski definition) is 0. The largest absolute Gasteiger partial charge is 0.235 e. The summed E-state index contributed by atoms with van der Waals surface area (Å²) in [5.74, 6) is 0. The van der Waals surface area contributed by atoms with Crippen LogP contribution in [0.5, 0.6) is 0 Å². The normalized spacial score (nSPS) is 10.1. The van der Waals surface area contributed by atoms with Gasteiger partial charge in [0, 0.05) is 6.20 Å². The molecule has 12 heavy (non-hydrogen) atoms. The minimum Gasteiger partial charge on any atom is -0.235 e. The van der Waals surface area contributed by atoms with E-state index in [2.05, 4.69) is 30.3 Å². The average molecular weight is 242 g/mol. The van der Waals surface area contributed by atoms with Crippen molar-refractivity contribution in [3.05, 3.63) is 29.3 Å². The third-order valence-corrected chi connectivity index (χ3v) is 2.53. The van der Waals surface area contributed by atoms with Gasteiger partial charge in [0.1, 0.15) is 10.9 Å². The molecule has 0 spiro atoms. The summed E-state index contributed by atoms with van der Waals surface area (Å²) in [5.41, 5.74) is 0.902. The molecular formula is C7H4BrN3S. The smallest absolute Gasteiger partial charge is 0.117 e. The SMILES string of the molecule is Brc1cc(-c2ccns2)ncn1. The highest BCUT2D eigenvalue weighted by Gasteiger charge is 2.00. The molecule has 0 bridgehead atoms. The van der Waals surface area contributed by atoms with Gasteiger partial charge in [-0.2, -0.15) is 0 Å². The summed E-state index contributed by atoms with van der Waals surface area (Å²) in [6.45, 7) is 0. The van der Waals surface area contributed by atoms with Crippen molar-refractivity contribution in [3.63, 3.8) is 0 Å². The lowest BCUT2D eigenvalue weighted by molar-refractivity contribution is 1.15. The van der Waals surface area contributed by atoms with E-state index in [-0.39, 0.29) is 0 Å². The fourth-order valence-corrected chi connectivity index (χ4v) is 1.69. The van der Waals surface area contributed by atoms with Crippen LogP contribution in [0.2, 0.25) is 0 Å². The van der Waals surface area contributed by atoms with Gasteiger partial charge in [-0.1, -0.05) is 0 Å². The van der Waals surface area contributed by atoms with Gasteiger partial charge in [0.05, 0.1) is 10.6 Å². The van der Waals surface area contributed by atoms with Crippen LogP contribution in [-0.4, -0.2) is 14.3 Å². The van der Waals surface area contributed by atoms with Crippen LogP contribution in [0.4, 0.5) is 0 Å². The molecule has 0 unspecified atom stereocenters. The van der Waals surface area contributed by atoms with Gasteiger partial charge < -0.3 is 0 Å². The maximum absolute atomic E-state index is 4.11. The quantitative estimate of drug-likeness (QED) is 0.720. The molecule has 0 atom stereocenters. The highest BCUT2D eigenvalue weighted by atomic mass is 79.9. The molecule has 0 aliphatic rings. The topological polar surface area (TPSA) is 38.7 Å². The van der Waals surface area contributed by atoms with Gasteiger partial charge in [0.15, 0.2) is 0 Å². The molecule has 2 aromatic rings. The third kappa shape index (κ3) is 1.51. The lowest BCUT2D eigenvalue weighted by Gasteiger charge is -1.93. The van der Waals surface area contributed by atoms with E-state index in [4.69, 9.17) is 0 Å². The molecule has 3 nitrogen and oxygen atoms in total. The van der Waals surface area contributed by atoms with E-state index in [0.29, 0.717) is 0 Å². The molecular weight excluding hydrogens is 238 g/mol. The third-order valence-electron chi connectivity index (χ3n) is 1.32. The van der Waals surface area contributed by atoms with E-state index in [1.807, 2.05) is 12.1 Å². The summed E-state index contributed by atoms with van der Waals surface area (Å²) in [6.07, 6.45) is 3.29. The molecule has 2 rings (SSSR count). The summed E-state index contributed by atoms with van der Waals surface area (Å²) in [5, 5.41) is 0. The minimum atomic E-state index is 0.793. The number of rotatable bonds is 1. The zero-order chi connectivity index (χ0) is 8.39. The maximum atomic E-state index is 4.11. The van der Waals surface area contributed by atoms with Crippen LogP contribution in [-0.2, 0) is 0 Å². The van der Waals surface area contributed by atoms with Crippen LogP contribution in [0.3, 0.4) is 0 Å². The molecule has 0 aliphatic carbocycles. The van der Waals surface area contributed by atoms with E-state index in [0.717, 1.165) is 15.2 Å². The van der Waals surface area contributed by atoms with Crippen molar-refractivity contribution in [2.45, 2.75) is 0 Å². The molecule has 0 saturated carbocycles. The molecule has 0 saturated heterocycles. The Morgan fingerprint density at radius 3 is 2.92 bits per heavy atom. The van der Waals surface area contributed by atoms with E-state index < -0.39 is 0 Å². The first-order chi connectivity index (χ1) is 5.86. The van der Waals surface area contributed by atoms with E-state index in [9.17, 15) is 0 Å². The van der Waals surface area contributed by atoms with Gasteiger partial charge in [0.2, 0.25) is 0 Å². The monoisotopic (exact) mass is 241 g/mol. The van der Waals surface area contributed by atoms with Gasteiger partial charge in [-0.15, -0.1) is 0 Å². The van der Waals surface area contributed by atoms with Crippen LogP contribution < -0.4 is 0 Å². The molecule has 0 N–H and O–H groups in total. The van der Waals surface area contributed by atoms with Crippen LogP contribution >= 0.6 is 27.5 Å². The second-order valence-corrected chi connectivity index (χ2v) is 3.75. The number of halogens is 1. The van der Waals surface area contributed by atoms with Crippen molar-refractivity contribution >= 4 is 27.5 Å². The first kappa shape index (κ1) is 7.82. The Balaban J connectivity index is 2.48. The van der Waals surface area contributed by atoms with Gasteiger partial charge in [0.25, 0.3) is 0 Å². The standard InChI is InChI=1S/C7H4BrN3S/c8-7-3-5(9-4-10-7)6-1-2-11-12-6/h1-4H. The second-order valence-electron chi connectivity index (χ2n) is 2.10. The second kappa shape index (κ2) is 3.28. The summed E-state index contributed by atoms with van der Waals surface area (Å²) in [7, 11) is 0. The minimum absolute atomic E-state index is 0.793. The lowest BCUT2D eigenvalue weighted by Crippen LogP contribution is -1.82. The molecule has 0 radical (unpaired) electrons. The Kier molecular flexibility index (Phi) is 2.14. The van der Waals surface area contributed by atoms with Gasteiger partial charge >= 0.3 is 0 Å². The van der Waals surface area contributed by atoms with Crippen molar-refractivity contribution in [1.29, 1.82) is 0 Å². The zero-order valence-corrected chi connectivity index (χ0v) is 8.34. The highest BCUT2D eigenvalue weighted by Crippen LogP contribution is 2.21.